The molecule has 1 aliphatic heterocycles. The maximum Gasteiger partial charge on any atom is 0.255 e. The number of rotatable bonds is 2. The maximum atomic E-state index is 12.6. The van der Waals surface area contributed by atoms with E-state index in [0.29, 0.717) is 23.0 Å². The molecule has 0 radical (unpaired) electrons. The summed E-state index contributed by atoms with van der Waals surface area (Å²) in [6.07, 6.45) is 2.11. The molecule has 0 spiro atoms. The van der Waals surface area contributed by atoms with Gasteiger partial charge in [0.2, 0.25) is 0 Å². The fourth-order valence-corrected chi connectivity index (χ4v) is 3.33. The van der Waals surface area contributed by atoms with Gasteiger partial charge < -0.3 is 10.6 Å². The van der Waals surface area contributed by atoms with E-state index in [1.165, 1.54) is 0 Å². The van der Waals surface area contributed by atoms with Crippen LogP contribution in [0.4, 0.5) is 0 Å². The van der Waals surface area contributed by atoms with Crippen LogP contribution in [0.5, 0.6) is 0 Å². The molecule has 0 bridgehead atoms. The second kappa shape index (κ2) is 6.25. The molecular weight excluding hydrogens is 328 g/mol. The van der Waals surface area contributed by atoms with Gasteiger partial charge in [-0.2, -0.15) is 0 Å². The van der Waals surface area contributed by atoms with Crippen LogP contribution >= 0.6 is 27.5 Å². The molecule has 1 aromatic rings. The highest BCUT2D eigenvalue weighted by Crippen LogP contribution is 2.27. The molecule has 0 aliphatic carbocycles. The van der Waals surface area contributed by atoms with Crippen molar-refractivity contribution in [2.24, 2.45) is 11.7 Å². The Balaban J connectivity index is 2.22. The Bertz CT molecular complexity index is 481. The first-order chi connectivity index (χ1) is 9.02. The third-order valence-corrected chi connectivity index (χ3v) is 4.63. The van der Waals surface area contributed by atoms with Crippen molar-refractivity contribution >= 4 is 33.4 Å². The van der Waals surface area contributed by atoms with Gasteiger partial charge in [-0.15, -0.1) is 0 Å². The zero-order chi connectivity index (χ0) is 14.0. The predicted octanol–water partition coefficient (Wildman–Crippen LogP) is 3.30. The Kier molecular flexibility index (Phi) is 4.87. The van der Waals surface area contributed by atoms with Gasteiger partial charge in [0.15, 0.2) is 0 Å². The van der Waals surface area contributed by atoms with Crippen LogP contribution in [0.3, 0.4) is 0 Å². The molecule has 2 rings (SSSR count). The number of hydrogen-bond acceptors (Lipinski definition) is 2. The van der Waals surface area contributed by atoms with Crippen molar-refractivity contribution in [3.8, 4) is 0 Å². The number of carbonyl (C=O) groups excluding carboxylic acids is 1. The second-order valence-corrected chi connectivity index (χ2v) is 6.40. The molecule has 1 heterocycles. The SMILES string of the molecule is CC1CCC(CN)CN1C(=O)c1ccc(Cl)cc1Br. The normalized spacial score (nSPS) is 23.5. The van der Waals surface area contributed by atoms with Crippen LogP contribution in [0.1, 0.15) is 30.1 Å². The highest BCUT2D eigenvalue weighted by atomic mass is 79.9. The smallest absolute Gasteiger partial charge is 0.255 e. The number of benzene rings is 1. The zero-order valence-electron chi connectivity index (χ0n) is 10.9. The highest BCUT2D eigenvalue weighted by molar-refractivity contribution is 9.10. The van der Waals surface area contributed by atoms with E-state index in [0.717, 1.165) is 23.9 Å². The molecule has 1 aromatic carbocycles. The quantitative estimate of drug-likeness (QED) is 0.894. The van der Waals surface area contributed by atoms with Gasteiger partial charge in [-0.25, -0.2) is 0 Å². The Labute approximate surface area is 127 Å². The molecule has 0 saturated carbocycles. The van der Waals surface area contributed by atoms with Crippen LogP contribution in [-0.2, 0) is 0 Å². The van der Waals surface area contributed by atoms with Crippen molar-refractivity contribution < 1.29 is 4.79 Å². The first-order valence-corrected chi connectivity index (χ1v) is 7.66. The number of nitrogens with zero attached hydrogens (tertiary/aromatic N) is 1. The Morgan fingerprint density at radius 3 is 2.89 bits per heavy atom. The lowest BCUT2D eigenvalue weighted by Crippen LogP contribution is -2.47. The average molecular weight is 346 g/mol. The highest BCUT2D eigenvalue weighted by Gasteiger charge is 2.29. The maximum absolute atomic E-state index is 12.6. The lowest BCUT2D eigenvalue weighted by atomic mass is 9.93. The molecule has 2 N–H and O–H groups in total. The minimum absolute atomic E-state index is 0.0502. The third-order valence-electron chi connectivity index (χ3n) is 3.74. The van der Waals surface area contributed by atoms with Crippen LogP contribution in [0.15, 0.2) is 22.7 Å². The Morgan fingerprint density at radius 2 is 2.26 bits per heavy atom. The van der Waals surface area contributed by atoms with E-state index < -0.39 is 0 Å². The molecule has 2 atom stereocenters. The van der Waals surface area contributed by atoms with Gasteiger partial charge in [-0.3, -0.25) is 4.79 Å². The van der Waals surface area contributed by atoms with Gasteiger partial charge in [-0.1, -0.05) is 11.6 Å². The van der Waals surface area contributed by atoms with E-state index in [4.69, 9.17) is 17.3 Å². The molecule has 1 saturated heterocycles. The van der Waals surface area contributed by atoms with Gasteiger partial charge in [0.05, 0.1) is 5.56 Å². The zero-order valence-corrected chi connectivity index (χ0v) is 13.2. The van der Waals surface area contributed by atoms with Crippen molar-refractivity contribution in [3.63, 3.8) is 0 Å². The topological polar surface area (TPSA) is 46.3 Å². The summed E-state index contributed by atoms with van der Waals surface area (Å²) < 4.78 is 0.743. The monoisotopic (exact) mass is 344 g/mol. The predicted molar refractivity (Wildman–Crippen MR) is 81.4 cm³/mol. The van der Waals surface area contributed by atoms with E-state index in [-0.39, 0.29) is 11.9 Å². The second-order valence-electron chi connectivity index (χ2n) is 5.11. The van der Waals surface area contributed by atoms with Crippen LogP contribution in [0, 0.1) is 5.92 Å². The summed E-state index contributed by atoms with van der Waals surface area (Å²) in [6.45, 7) is 3.47. The lowest BCUT2D eigenvalue weighted by Gasteiger charge is -2.38. The molecule has 1 aliphatic rings. The summed E-state index contributed by atoms with van der Waals surface area (Å²) in [7, 11) is 0. The molecule has 0 aromatic heterocycles. The standard InChI is InChI=1S/C14H18BrClN2O/c1-9-2-3-10(7-17)8-18(9)14(19)12-5-4-11(16)6-13(12)15/h4-6,9-10H,2-3,7-8,17H2,1H3. The van der Waals surface area contributed by atoms with Gasteiger partial charge in [0.25, 0.3) is 5.91 Å². The van der Waals surface area contributed by atoms with Gasteiger partial charge in [0.1, 0.15) is 0 Å². The van der Waals surface area contributed by atoms with E-state index in [9.17, 15) is 4.79 Å². The van der Waals surface area contributed by atoms with Crippen molar-refractivity contribution in [1.82, 2.24) is 4.90 Å². The summed E-state index contributed by atoms with van der Waals surface area (Å²) in [5, 5.41) is 0.620. The summed E-state index contributed by atoms with van der Waals surface area (Å²) in [6, 6.07) is 5.53. The third kappa shape index (κ3) is 3.30. The Hall–Kier alpha value is -0.580. The number of likely N-dealkylation sites (tertiary alicyclic amines) is 1. The molecule has 104 valence electrons. The molecule has 5 heteroatoms. The molecule has 1 amide bonds. The fourth-order valence-electron chi connectivity index (χ4n) is 2.48. The number of piperidine rings is 1. The average Bonchev–Trinajstić information content (AvgIpc) is 2.38. The van der Waals surface area contributed by atoms with Crippen LogP contribution in [0.2, 0.25) is 5.02 Å². The molecule has 3 nitrogen and oxygen atoms in total. The van der Waals surface area contributed by atoms with Crippen LogP contribution < -0.4 is 5.73 Å². The molecule has 2 unspecified atom stereocenters. The van der Waals surface area contributed by atoms with Crippen LogP contribution in [0.25, 0.3) is 0 Å². The summed E-state index contributed by atoms with van der Waals surface area (Å²) in [4.78, 5) is 14.5. The minimum Gasteiger partial charge on any atom is -0.336 e. The van der Waals surface area contributed by atoms with Crippen molar-refractivity contribution in [1.29, 1.82) is 0 Å². The number of nitrogens with two attached hydrogens (primary N) is 1. The van der Waals surface area contributed by atoms with Crippen molar-refractivity contribution in [2.45, 2.75) is 25.8 Å². The minimum atomic E-state index is 0.0502. The number of hydrogen-bond donors (Lipinski definition) is 1. The van der Waals surface area contributed by atoms with Gasteiger partial charge in [-0.05, 0) is 66.4 Å². The van der Waals surface area contributed by atoms with Crippen LogP contribution in [-0.4, -0.2) is 29.9 Å². The van der Waals surface area contributed by atoms with E-state index >= 15 is 0 Å². The van der Waals surface area contributed by atoms with E-state index in [2.05, 4.69) is 22.9 Å². The van der Waals surface area contributed by atoms with Gasteiger partial charge >= 0.3 is 0 Å². The van der Waals surface area contributed by atoms with Crippen molar-refractivity contribution in [3.05, 3.63) is 33.3 Å². The largest absolute Gasteiger partial charge is 0.336 e. The summed E-state index contributed by atoms with van der Waals surface area (Å²) in [5.74, 6) is 0.459. The van der Waals surface area contributed by atoms with E-state index in [1.807, 2.05) is 4.90 Å². The first-order valence-electron chi connectivity index (χ1n) is 6.49. The summed E-state index contributed by atoms with van der Waals surface area (Å²) in [5.41, 5.74) is 6.40. The van der Waals surface area contributed by atoms with E-state index in [1.54, 1.807) is 18.2 Å². The fraction of sp³-hybridized carbons (Fsp3) is 0.500. The number of carbonyl (C=O) groups is 1. The number of halogens is 2. The first kappa shape index (κ1) is 14.8. The van der Waals surface area contributed by atoms with Crippen molar-refractivity contribution in [2.75, 3.05) is 13.1 Å². The lowest BCUT2D eigenvalue weighted by molar-refractivity contribution is 0.0566. The van der Waals surface area contributed by atoms with Gasteiger partial charge in [0, 0.05) is 22.1 Å². The molecule has 1 fully saturated rings. The summed E-state index contributed by atoms with van der Waals surface area (Å²) >= 11 is 9.32. The Morgan fingerprint density at radius 1 is 1.53 bits per heavy atom. The number of amides is 1. The molecule has 19 heavy (non-hydrogen) atoms. The molecular formula is C14H18BrClN2O.